The molecule has 2 fully saturated rings. The highest BCUT2D eigenvalue weighted by Crippen LogP contribution is 2.44. The predicted molar refractivity (Wildman–Crippen MR) is 56.5 cm³/mol. The quantitative estimate of drug-likeness (QED) is 0.714. The summed E-state index contributed by atoms with van der Waals surface area (Å²) in [5.41, 5.74) is 0. The maximum atomic E-state index is 11.6. The molecule has 0 aromatic heterocycles. The van der Waals surface area contributed by atoms with Gasteiger partial charge in [-0.2, -0.15) is 0 Å². The van der Waals surface area contributed by atoms with Gasteiger partial charge < -0.3 is 10.0 Å². The first-order valence-electron chi connectivity index (χ1n) is 4.31. The molecular formula is C8H11NO3S2. The van der Waals surface area contributed by atoms with Crippen LogP contribution in [0.2, 0.25) is 0 Å². The predicted octanol–water partition coefficient (Wildman–Crippen LogP) is 0.478. The van der Waals surface area contributed by atoms with Gasteiger partial charge in [-0.05, 0) is 6.92 Å². The Hall–Kier alpha value is -0.360. The highest BCUT2D eigenvalue weighted by Gasteiger charge is 2.51. The molecule has 14 heavy (non-hydrogen) atoms. The summed E-state index contributed by atoms with van der Waals surface area (Å²) < 4.78 is 0. The van der Waals surface area contributed by atoms with Gasteiger partial charge in [0.05, 0.1) is 10.6 Å². The van der Waals surface area contributed by atoms with Crippen LogP contribution in [-0.2, 0) is 9.59 Å². The van der Waals surface area contributed by atoms with Gasteiger partial charge in [0, 0.05) is 11.5 Å². The lowest BCUT2D eigenvalue weighted by Crippen LogP contribution is -2.55. The summed E-state index contributed by atoms with van der Waals surface area (Å²) in [5.74, 6) is 0.827. The van der Waals surface area contributed by atoms with Crippen molar-refractivity contribution in [3.05, 3.63) is 0 Å². The van der Waals surface area contributed by atoms with E-state index >= 15 is 0 Å². The third-order valence-electron chi connectivity index (χ3n) is 2.52. The van der Waals surface area contributed by atoms with Crippen LogP contribution < -0.4 is 0 Å². The Labute approximate surface area is 90.4 Å². The molecule has 0 aliphatic carbocycles. The fourth-order valence-corrected chi connectivity index (χ4v) is 4.55. The Kier molecular flexibility index (Phi) is 2.43. The summed E-state index contributed by atoms with van der Waals surface area (Å²) in [6.07, 6.45) is 0. The summed E-state index contributed by atoms with van der Waals surface area (Å²) in [4.78, 5) is 23.8. The zero-order valence-corrected chi connectivity index (χ0v) is 9.36. The molecule has 0 unspecified atom stereocenters. The van der Waals surface area contributed by atoms with E-state index < -0.39 is 12.0 Å². The van der Waals surface area contributed by atoms with Crippen LogP contribution in [0.3, 0.4) is 0 Å². The van der Waals surface area contributed by atoms with Crippen LogP contribution in [0, 0.1) is 0 Å². The van der Waals surface area contributed by atoms with Gasteiger partial charge in [0.2, 0.25) is 5.91 Å². The SMILES string of the molecule is C[C@@]12CSCC(=O)N1[C@H](C(=O)O)CS2. The minimum Gasteiger partial charge on any atom is -0.480 e. The second-order valence-electron chi connectivity index (χ2n) is 3.60. The number of carboxylic acids is 1. The number of amides is 1. The highest BCUT2D eigenvalue weighted by atomic mass is 32.2. The number of nitrogens with zero attached hydrogens (tertiary/aromatic N) is 1. The monoisotopic (exact) mass is 233 g/mol. The van der Waals surface area contributed by atoms with E-state index in [1.165, 1.54) is 0 Å². The Balaban J connectivity index is 2.29. The highest BCUT2D eigenvalue weighted by molar-refractivity contribution is 8.04. The van der Waals surface area contributed by atoms with E-state index in [0.717, 1.165) is 5.75 Å². The standard InChI is InChI=1S/C8H11NO3S2/c1-8-4-13-3-6(10)9(8)5(2-14-8)7(11)12/h5H,2-4H2,1H3,(H,11,12)/t5-,8+/m0/s1. The molecule has 78 valence electrons. The lowest BCUT2D eigenvalue weighted by molar-refractivity contribution is -0.149. The summed E-state index contributed by atoms with van der Waals surface area (Å²) in [5, 5.41) is 8.97. The van der Waals surface area contributed by atoms with Crippen molar-refractivity contribution < 1.29 is 14.7 Å². The Morgan fingerprint density at radius 3 is 3.07 bits per heavy atom. The first-order valence-corrected chi connectivity index (χ1v) is 6.45. The zero-order chi connectivity index (χ0) is 10.3. The lowest BCUT2D eigenvalue weighted by Gasteiger charge is -2.39. The molecule has 6 heteroatoms. The van der Waals surface area contributed by atoms with Gasteiger partial charge in [-0.3, -0.25) is 4.79 Å². The number of rotatable bonds is 1. The van der Waals surface area contributed by atoms with Gasteiger partial charge in [-0.25, -0.2) is 4.79 Å². The first kappa shape index (κ1) is 10.2. The minimum absolute atomic E-state index is 0.0406. The molecule has 0 radical (unpaired) electrons. The van der Waals surface area contributed by atoms with Crippen molar-refractivity contribution in [1.29, 1.82) is 0 Å². The second kappa shape index (κ2) is 3.34. The van der Waals surface area contributed by atoms with E-state index in [4.69, 9.17) is 5.11 Å². The molecule has 4 nitrogen and oxygen atoms in total. The van der Waals surface area contributed by atoms with Crippen molar-refractivity contribution in [3.63, 3.8) is 0 Å². The van der Waals surface area contributed by atoms with Crippen molar-refractivity contribution in [2.75, 3.05) is 17.3 Å². The number of fused-ring (bicyclic) bond motifs is 1. The summed E-state index contributed by atoms with van der Waals surface area (Å²) in [6, 6.07) is -0.626. The van der Waals surface area contributed by atoms with Crippen LogP contribution in [0.1, 0.15) is 6.92 Å². The molecule has 2 rings (SSSR count). The molecule has 2 saturated heterocycles. The Morgan fingerprint density at radius 1 is 1.71 bits per heavy atom. The molecule has 0 spiro atoms. The Morgan fingerprint density at radius 2 is 2.43 bits per heavy atom. The molecule has 1 N–H and O–H groups in total. The average Bonchev–Trinajstić information content (AvgIpc) is 2.43. The maximum absolute atomic E-state index is 11.6. The van der Waals surface area contributed by atoms with E-state index in [1.54, 1.807) is 28.4 Å². The van der Waals surface area contributed by atoms with Crippen LogP contribution in [0.4, 0.5) is 0 Å². The average molecular weight is 233 g/mol. The van der Waals surface area contributed by atoms with Crippen LogP contribution >= 0.6 is 23.5 Å². The van der Waals surface area contributed by atoms with E-state index in [-0.39, 0.29) is 10.8 Å². The van der Waals surface area contributed by atoms with Gasteiger partial charge in [-0.15, -0.1) is 23.5 Å². The number of aliphatic carboxylic acids is 1. The zero-order valence-electron chi connectivity index (χ0n) is 7.73. The number of thioether (sulfide) groups is 2. The smallest absolute Gasteiger partial charge is 0.327 e. The van der Waals surface area contributed by atoms with Gasteiger partial charge in [0.15, 0.2) is 0 Å². The number of hydrogen-bond acceptors (Lipinski definition) is 4. The second-order valence-corrected chi connectivity index (χ2v) is 6.08. The van der Waals surface area contributed by atoms with Crippen molar-refractivity contribution in [2.45, 2.75) is 17.8 Å². The topological polar surface area (TPSA) is 57.6 Å². The van der Waals surface area contributed by atoms with Crippen molar-refractivity contribution in [3.8, 4) is 0 Å². The molecule has 2 atom stereocenters. The van der Waals surface area contributed by atoms with Gasteiger partial charge in [0.25, 0.3) is 0 Å². The number of carbonyl (C=O) groups excluding carboxylic acids is 1. The van der Waals surface area contributed by atoms with Gasteiger partial charge >= 0.3 is 5.97 Å². The molecule has 0 saturated carbocycles. The van der Waals surface area contributed by atoms with Crippen molar-refractivity contribution >= 4 is 35.4 Å². The van der Waals surface area contributed by atoms with Crippen molar-refractivity contribution in [1.82, 2.24) is 4.90 Å². The summed E-state index contributed by atoms with van der Waals surface area (Å²) >= 11 is 3.16. The number of carboxylic acid groups (broad SMARTS) is 1. The lowest BCUT2D eigenvalue weighted by atomic mass is 10.2. The van der Waals surface area contributed by atoms with E-state index in [2.05, 4.69) is 0 Å². The third kappa shape index (κ3) is 1.40. The molecule has 2 aliphatic heterocycles. The van der Waals surface area contributed by atoms with Gasteiger partial charge in [-0.1, -0.05) is 0 Å². The van der Waals surface area contributed by atoms with Crippen LogP contribution in [0.25, 0.3) is 0 Å². The maximum Gasteiger partial charge on any atom is 0.327 e. The van der Waals surface area contributed by atoms with E-state index in [1.807, 2.05) is 6.92 Å². The van der Waals surface area contributed by atoms with Crippen molar-refractivity contribution in [2.24, 2.45) is 0 Å². The third-order valence-corrected chi connectivity index (χ3v) is 5.37. The van der Waals surface area contributed by atoms with Gasteiger partial charge in [0.1, 0.15) is 6.04 Å². The molecule has 2 aliphatic rings. The molecule has 0 aromatic carbocycles. The van der Waals surface area contributed by atoms with Crippen LogP contribution in [0.5, 0.6) is 0 Å². The summed E-state index contributed by atoms with van der Waals surface area (Å²) in [7, 11) is 0. The van der Waals surface area contributed by atoms with Crippen LogP contribution in [0.15, 0.2) is 0 Å². The van der Waals surface area contributed by atoms with E-state index in [0.29, 0.717) is 11.5 Å². The molecule has 1 amide bonds. The minimum atomic E-state index is -0.888. The normalized spacial score (nSPS) is 37.1. The summed E-state index contributed by atoms with van der Waals surface area (Å²) in [6.45, 7) is 1.95. The molecular weight excluding hydrogens is 222 g/mol. The fourth-order valence-electron chi connectivity index (χ4n) is 1.86. The number of hydrogen-bond donors (Lipinski definition) is 1. The first-order chi connectivity index (χ1) is 6.54. The van der Waals surface area contributed by atoms with E-state index in [9.17, 15) is 9.59 Å². The molecule has 0 bridgehead atoms. The number of carbonyl (C=O) groups is 2. The molecule has 0 aromatic rings. The van der Waals surface area contributed by atoms with Crippen LogP contribution in [-0.4, -0.2) is 50.1 Å². The molecule has 2 heterocycles. The Bertz CT molecular complexity index is 296. The fraction of sp³-hybridized carbons (Fsp3) is 0.750. The largest absolute Gasteiger partial charge is 0.480 e.